The van der Waals surface area contributed by atoms with Crippen LogP contribution in [0.3, 0.4) is 0 Å². The van der Waals surface area contributed by atoms with Crippen LogP contribution in [0.4, 0.5) is 10.5 Å². The molecule has 19 nitrogen and oxygen atoms in total. The van der Waals surface area contributed by atoms with Crippen molar-refractivity contribution >= 4 is 45.4 Å². The van der Waals surface area contributed by atoms with Gasteiger partial charge in [-0.25, -0.2) is 18.0 Å². The number of nitrogens with two attached hydrogens (primary N) is 1. The predicted molar refractivity (Wildman–Crippen MR) is 294 cm³/mol. The van der Waals surface area contributed by atoms with Gasteiger partial charge in [0.2, 0.25) is 21.7 Å². The number of piperidine rings is 1. The molecule has 1 heterocycles. The molecule has 3 amide bonds. The maximum Gasteiger partial charge on any atom is 0.407 e. The molecule has 78 heavy (non-hydrogen) atoms. The Hall–Kier alpha value is -6.74. The van der Waals surface area contributed by atoms with Crippen LogP contribution >= 0.6 is 0 Å². The zero-order valence-electron chi connectivity index (χ0n) is 46.0. The van der Waals surface area contributed by atoms with Crippen LogP contribution in [0.2, 0.25) is 0 Å². The maximum atomic E-state index is 14.1. The summed E-state index contributed by atoms with van der Waals surface area (Å²) in [6.07, 6.45) is -1.35. The molecular formula is C58H79N5O14S. The van der Waals surface area contributed by atoms with E-state index in [0.29, 0.717) is 67.0 Å². The highest BCUT2D eigenvalue weighted by Crippen LogP contribution is 2.33. The number of aliphatic hydroxyl groups excluding tert-OH is 2. The molecule has 5 rings (SSSR count). The summed E-state index contributed by atoms with van der Waals surface area (Å²) in [4.78, 5) is 68.7. The first-order valence-corrected chi connectivity index (χ1v) is 28.0. The Bertz CT molecular complexity index is 2710. The van der Waals surface area contributed by atoms with Crippen molar-refractivity contribution in [2.75, 3.05) is 59.3 Å². The average Bonchev–Trinajstić information content (AvgIpc) is 3.44. The Labute approximate surface area is 459 Å². The Morgan fingerprint density at radius 3 is 2.24 bits per heavy atom. The van der Waals surface area contributed by atoms with Crippen molar-refractivity contribution in [3.05, 3.63) is 114 Å². The lowest BCUT2D eigenvalue weighted by Crippen LogP contribution is -2.53. The Kier molecular flexibility index (Phi) is 23.8. The first-order valence-electron chi connectivity index (χ1n) is 26.6. The number of ketones is 1. The van der Waals surface area contributed by atoms with E-state index in [1.807, 2.05) is 45.0 Å². The summed E-state index contributed by atoms with van der Waals surface area (Å²) in [7, 11) is -0.984. The number of amides is 3. The van der Waals surface area contributed by atoms with Crippen LogP contribution in [-0.2, 0) is 51.5 Å². The van der Waals surface area contributed by atoms with Gasteiger partial charge in [-0.3, -0.25) is 14.4 Å². The van der Waals surface area contributed by atoms with Crippen molar-refractivity contribution in [2.24, 2.45) is 11.3 Å². The second kappa shape index (κ2) is 29.8. The molecule has 0 bridgehead atoms. The van der Waals surface area contributed by atoms with E-state index in [-0.39, 0.29) is 62.9 Å². The molecular weight excluding hydrogens is 1020 g/mol. The predicted octanol–water partition coefficient (Wildman–Crippen LogP) is 6.57. The van der Waals surface area contributed by atoms with Crippen molar-refractivity contribution in [1.82, 2.24) is 19.8 Å². The number of likely N-dealkylation sites (tertiary alicyclic amines) is 1. The number of Topliss-reactive ketones (excluding diaryl/α,β-unsaturated/α-hetero) is 1. The van der Waals surface area contributed by atoms with Gasteiger partial charge in [-0.05, 0) is 123 Å². The standard InChI is InChI=1S/C58H79N5O14S/c1-8-58(4,5)54(67)55(68)63-31-13-12-19-48(63)56(69)77-50(27-20-41-21-28-51(73-6)52(34-41)74-7)42-17-14-18-44(35-42)75-32-30-60-53(66)29-24-45(38-64)76-57(70)61-47(33-40-15-10-9-11-16-40)49(65)37-62(36-39(2)3)78(71,72)46-25-22-43(59)23-26-46/h9-11,14-18,21-23,25-26,28,34-35,39,45,47-50,64-65H,8,12-13,19-20,24,27,29-33,36-38,59H2,1-7H3,(H,60,66)(H,61,70)/t45?,47-,48-,49+,50+/m0/s1. The molecule has 1 fully saturated rings. The molecule has 1 unspecified atom stereocenters. The van der Waals surface area contributed by atoms with E-state index in [1.54, 1.807) is 76.6 Å². The molecule has 1 aliphatic rings. The van der Waals surface area contributed by atoms with Gasteiger partial charge < -0.3 is 55.2 Å². The van der Waals surface area contributed by atoms with Crippen LogP contribution in [-0.4, -0.2) is 135 Å². The van der Waals surface area contributed by atoms with Gasteiger partial charge in [0, 0.05) is 37.2 Å². The van der Waals surface area contributed by atoms with Crippen LogP contribution in [0.25, 0.3) is 0 Å². The van der Waals surface area contributed by atoms with Crippen molar-refractivity contribution in [3.8, 4) is 17.2 Å². The number of aryl methyl sites for hydroxylation is 1. The molecule has 0 aliphatic carbocycles. The number of nitrogens with zero attached hydrogens (tertiary/aromatic N) is 2. The van der Waals surface area contributed by atoms with Crippen LogP contribution in [0.1, 0.15) is 102 Å². The lowest BCUT2D eigenvalue weighted by atomic mass is 9.84. The molecule has 5 atom stereocenters. The molecule has 20 heteroatoms. The van der Waals surface area contributed by atoms with E-state index < -0.39 is 82.1 Å². The fourth-order valence-corrected chi connectivity index (χ4v) is 10.5. The number of carbonyl (C=O) groups is 5. The SMILES string of the molecule is CCC(C)(C)C(=O)C(=O)N1CCCC[C@H]1C(=O)O[C@H](CCc1ccc(OC)c(OC)c1)c1cccc(OCCNC(=O)CCC(CO)OC(=O)N[C@@H](Cc2ccccc2)[C@H](O)CN(CC(C)C)S(=O)(=O)c2ccc(N)cc2)c1. The number of hydrogen-bond acceptors (Lipinski definition) is 15. The number of benzene rings is 4. The van der Waals surface area contributed by atoms with E-state index in [4.69, 9.17) is 29.4 Å². The molecule has 426 valence electrons. The third kappa shape index (κ3) is 18.2. The van der Waals surface area contributed by atoms with Gasteiger partial charge in [-0.1, -0.05) is 83.1 Å². The van der Waals surface area contributed by atoms with Gasteiger partial charge in [0.1, 0.15) is 30.6 Å². The summed E-state index contributed by atoms with van der Waals surface area (Å²) in [5, 5.41) is 27.2. The number of sulfonamides is 1. The largest absolute Gasteiger partial charge is 0.493 e. The number of esters is 1. The highest BCUT2D eigenvalue weighted by Gasteiger charge is 2.41. The fraction of sp³-hybridized carbons (Fsp3) is 0.500. The van der Waals surface area contributed by atoms with E-state index in [2.05, 4.69) is 10.6 Å². The normalized spacial score (nSPS) is 15.4. The molecule has 0 saturated carbocycles. The summed E-state index contributed by atoms with van der Waals surface area (Å²) in [6.45, 7) is 8.51. The summed E-state index contributed by atoms with van der Waals surface area (Å²) < 4.78 is 57.5. The number of hydrogen-bond donors (Lipinski definition) is 5. The monoisotopic (exact) mass is 1100 g/mol. The molecule has 0 radical (unpaired) electrons. The first kappa shape index (κ1) is 62.1. The smallest absolute Gasteiger partial charge is 0.407 e. The third-order valence-corrected chi connectivity index (χ3v) is 15.6. The topological polar surface area (TPSA) is 263 Å². The van der Waals surface area contributed by atoms with Gasteiger partial charge >= 0.3 is 12.1 Å². The second-order valence-electron chi connectivity index (χ2n) is 20.5. The summed E-state index contributed by atoms with van der Waals surface area (Å²) in [5.74, 6) is -0.811. The number of carbonyl (C=O) groups excluding carboxylic acids is 5. The quantitative estimate of drug-likeness (QED) is 0.0160. The number of alkyl carbamates (subject to hydrolysis) is 1. The van der Waals surface area contributed by atoms with Crippen molar-refractivity contribution in [2.45, 2.75) is 128 Å². The number of ether oxygens (including phenoxy) is 5. The van der Waals surface area contributed by atoms with E-state index in [9.17, 15) is 42.6 Å². The van der Waals surface area contributed by atoms with E-state index in [0.717, 1.165) is 11.1 Å². The van der Waals surface area contributed by atoms with Gasteiger partial charge in [0.25, 0.3) is 5.91 Å². The van der Waals surface area contributed by atoms with Crippen LogP contribution in [0.5, 0.6) is 17.2 Å². The van der Waals surface area contributed by atoms with E-state index in [1.165, 1.54) is 33.5 Å². The zero-order valence-corrected chi connectivity index (χ0v) is 46.8. The lowest BCUT2D eigenvalue weighted by Gasteiger charge is -2.36. The minimum Gasteiger partial charge on any atom is -0.493 e. The van der Waals surface area contributed by atoms with Crippen LogP contribution < -0.4 is 30.6 Å². The van der Waals surface area contributed by atoms with Crippen molar-refractivity contribution in [1.29, 1.82) is 0 Å². The molecule has 6 N–H and O–H groups in total. The number of aliphatic hydroxyl groups is 2. The van der Waals surface area contributed by atoms with Crippen molar-refractivity contribution in [3.63, 3.8) is 0 Å². The number of anilines is 1. The zero-order chi connectivity index (χ0) is 57.0. The van der Waals surface area contributed by atoms with Gasteiger partial charge in [0.05, 0.1) is 44.4 Å². The Balaban J connectivity index is 1.18. The molecule has 1 aliphatic heterocycles. The molecule has 4 aromatic carbocycles. The Morgan fingerprint density at radius 1 is 0.859 bits per heavy atom. The van der Waals surface area contributed by atoms with Gasteiger partial charge in [-0.2, -0.15) is 4.31 Å². The maximum absolute atomic E-state index is 14.1. The minimum atomic E-state index is -4.08. The number of nitrogen functional groups attached to an aromatic ring is 1. The van der Waals surface area contributed by atoms with Crippen LogP contribution in [0.15, 0.2) is 102 Å². The lowest BCUT2D eigenvalue weighted by molar-refractivity contribution is -0.164. The first-order chi connectivity index (χ1) is 37.2. The van der Waals surface area contributed by atoms with Gasteiger partial charge in [0.15, 0.2) is 11.5 Å². The van der Waals surface area contributed by atoms with Crippen LogP contribution in [0, 0.1) is 11.3 Å². The molecule has 4 aromatic rings. The fourth-order valence-electron chi connectivity index (χ4n) is 8.87. The number of methoxy groups -OCH3 is 2. The highest BCUT2D eigenvalue weighted by molar-refractivity contribution is 7.89. The summed E-state index contributed by atoms with van der Waals surface area (Å²) >= 11 is 0. The van der Waals surface area contributed by atoms with Crippen molar-refractivity contribution < 1.29 is 66.3 Å². The number of rotatable bonds is 30. The summed E-state index contributed by atoms with van der Waals surface area (Å²) in [6, 6.07) is 25.4. The van der Waals surface area contributed by atoms with Gasteiger partial charge in [-0.15, -0.1) is 0 Å². The highest BCUT2D eigenvalue weighted by atomic mass is 32.2. The Morgan fingerprint density at radius 2 is 1.58 bits per heavy atom. The third-order valence-electron chi connectivity index (χ3n) is 13.8. The molecule has 1 saturated heterocycles. The molecule has 0 aromatic heterocycles. The minimum absolute atomic E-state index is 0.000924. The summed E-state index contributed by atoms with van der Waals surface area (Å²) in [5.41, 5.74) is 7.58. The van der Waals surface area contributed by atoms with E-state index >= 15 is 0 Å². The second-order valence-corrected chi connectivity index (χ2v) is 22.5. The average molecular weight is 1100 g/mol. The molecule has 0 spiro atoms. The number of nitrogens with one attached hydrogen (secondary N) is 2.